The van der Waals surface area contributed by atoms with Crippen molar-refractivity contribution in [1.82, 2.24) is 4.90 Å². The molecule has 8 atom stereocenters. The van der Waals surface area contributed by atoms with Gasteiger partial charge >= 0.3 is 5.97 Å². The first-order chi connectivity index (χ1) is 13.4. The second-order valence-corrected chi connectivity index (χ2v) is 11.2. The van der Waals surface area contributed by atoms with Gasteiger partial charge in [0.05, 0.1) is 6.61 Å². The Bertz CT molecular complexity index is 735. The summed E-state index contributed by atoms with van der Waals surface area (Å²) in [6.45, 7) is 11.8. The van der Waals surface area contributed by atoms with Gasteiger partial charge in [-0.1, -0.05) is 19.9 Å². The van der Waals surface area contributed by atoms with Gasteiger partial charge in [-0.3, -0.25) is 9.69 Å². The molecule has 1 spiro atoms. The number of nitrogens with zero attached hydrogens (tertiary/aromatic N) is 1. The molecule has 0 aromatic carbocycles. The van der Waals surface area contributed by atoms with Crippen molar-refractivity contribution in [2.75, 3.05) is 19.7 Å². The van der Waals surface area contributed by atoms with Crippen LogP contribution in [0.25, 0.3) is 0 Å². The van der Waals surface area contributed by atoms with Crippen molar-refractivity contribution >= 4 is 5.97 Å². The average Bonchev–Trinajstić information content (AvgIpc) is 3.18. The van der Waals surface area contributed by atoms with Crippen LogP contribution in [0.1, 0.15) is 65.2 Å². The van der Waals surface area contributed by atoms with Gasteiger partial charge in [-0.25, -0.2) is 0 Å². The average molecular weight is 386 g/mol. The Hall–Kier alpha value is -0.870. The number of rotatable bonds is 1. The highest BCUT2D eigenvalue weighted by atomic mass is 16.5. The summed E-state index contributed by atoms with van der Waals surface area (Å²) in [5, 5.41) is 0. The molecule has 28 heavy (non-hydrogen) atoms. The highest BCUT2D eigenvalue weighted by Crippen LogP contribution is 2.75. The van der Waals surface area contributed by atoms with Crippen LogP contribution in [0.3, 0.4) is 0 Å². The van der Waals surface area contributed by atoms with E-state index < -0.39 is 0 Å². The van der Waals surface area contributed by atoms with Crippen LogP contribution in [0.4, 0.5) is 0 Å². The van der Waals surface area contributed by atoms with Gasteiger partial charge in [-0.05, 0) is 73.7 Å². The first kappa shape index (κ1) is 17.9. The Morgan fingerprint density at radius 2 is 2.07 bits per heavy atom. The Balaban J connectivity index is 1.50. The van der Waals surface area contributed by atoms with Gasteiger partial charge < -0.3 is 9.47 Å². The van der Waals surface area contributed by atoms with E-state index in [1.54, 1.807) is 6.92 Å². The fourth-order valence-electron chi connectivity index (χ4n) is 9.64. The van der Waals surface area contributed by atoms with E-state index in [4.69, 9.17) is 9.47 Å². The third-order valence-corrected chi connectivity index (χ3v) is 10.2. The molecule has 0 unspecified atom stereocenters. The van der Waals surface area contributed by atoms with Crippen LogP contribution in [0, 0.1) is 34.0 Å². The van der Waals surface area contributed by atoms with Gasteiger partial charge in [0, 0.05) is 30.8 Å². The molecule has 6 fully saturated rings. The lowest BCUT2D eigenvalue weighted by atomic mass is 9.38. The fraction of sp³-hybridized carbons (Fsp3) is 0.875. The second kappa shape index (κ2) is 5.63. The van der Waals surface area contributed by atoms with Gasteiger partial charge in [-0.2, -0.15) is 0 Å². The second-order valence-electron chi connectivity index (χ2n) is 11.2. The van der Waals surface area contributed by atoms with Gasteiger partial charge in [0.2, 0.25) is 0 Å². The van der Waals surface area contributed by atoms with Crippen molar-refractivity contribution in [2.45, 2.75) is 77.5 Å². The lowest BCUT2D eigenvalue weighted by Gasteiger charge is -2.70. The normalized spacial score (nSPS) is 54.6. The van der Waals surface area contributed by atoms with Gasteiger partial charge in [0.25, 0.3) is 0 Å². The minimum absolute atomic E-state index is 0.0669. The number of hydrogen-bond donors (Lipinski definition) is 0. The lowest BCUT2D eigenvalue weighted by Crippen LogP contribution is -2.71. The van der Waals surface area contributed by atoms with Crippen LogP contribution in [-0.4, -0.2) is 42.9 Å². The number of carbonyl (C=O) groups excluding carboxylic acids is 1. The molecule has 2 saturated heterocycles. The molecule has 4 nitrogen and oxygen atoms in total. The van der Waals surface area contributed by atoms with Gasteiger partial charge in [0.1, 0.15) is 12.3 Å². The Labute approximate surface area is 169 Å². The number of esters is 1. The number of carbonyl (C=O) groups is 1. The number of ether oxygens (including phenoxy) is 2. The third kappa shape index (κ3) is 1.97. The van der Waals surface area contributed by atoms with E-state index in [1.807, 2.05) is 0 Å². The summed E-state index contributed by atoms with van der Waals surface area (Å²) in [4.78, 5) is 14.7. The predicted octanol–water partition coefficient (Wildman–Crippen LogP) is 4.15. The third-order valence-electron chi connectivity index (χ3n) is 10.2. The molecule has 6 rings (SSSR count). The maximum absolute atomic E-state index is 12.0. The number of piperidine rings is 1. The molecule has 4 bridgehead atoms. The first-order valence-corrected chi connectivity index (χ1v) is 11.6. The Kier molecular flexibility index (Phi) is 3.61. The van der Waals surface area contributed by atoms with Gasteiger partial charge in [0.15, 0.2) is 0 Å². The number of fused-ring (bicyclic) bond motifs is 2. The van der Waals surface area contributed by atoms with Crippen molar-refractivity contribution in [3.63, 3.8) is 0 Å². The van der Waals surface area contributed by atoms with E-state index in [0.29, 0.717) is 17.3 Å². The highest BCUT2D eigenvalue weighted by molar-refractivity contribution is 5.67. The Morgan fingerprint density at radius 3 is 2.89 bits per heavy atom. The SMILES string of the molecule is C=C1[C@@H]2CC[C@@H]3[C@@](CC[C@@H]4[C@@]5(C)CCC[C@]43[C@@H]3OCCN3C5)(C2)[C@@H]1OC(C)=O. The summed E-state index contributed by atoms with van der Waals surface area (Å²) in [5.74, 6) is 1.77. The largest absolute Gasteiger partial charge is 0.457 e. The smallest absolute Gasteiger partial charge is 0.303 e. The molecular formula is C24H35NO3. The molecule has 0 aromatic heterocycles. The van der Waals surface area contributed by atoms with E-state index in [0.717, 1.165) is 19.1 Å². The maximum atomic E-state index is 12.0. The molecule has 0 amide bonds. The molecule has 2 heterocycles. The summed E-state index contributed by atoms with van der Waals surface area (Å²) in [5.41, 5.74) is 1.99. The number of hydrogen-bond acceptors (Lipinski definition) is 4. The zero-order valence-corrected chi connectivity index (χ0v) is 17.5. The summed E-state index contributed by atoms with van der Waals surface area (Å²) < 4.78 is 12.6. The van der Waals surface area contributed by atoms with Crippen LogP contribution in [-0.2, 0) is 14.3 Å². The van der Waals surface area contributed by atoms with E-state index in [1.165, 1.54) is 63.5 Å². The summed E-state index contributed by atoms with van der Waals surface area (Å²) >= 11 is 0. The zero-order chi connectivity index (χ0) is 19.3. The van der Waals surface area contributed by atoms with E-state index >= 15 is 0 Å². The lowest BCUT2D eigenvalue weighted by molar-refractivity contribution is -0.277. The van der Waals surface area contributed by atoms with Crippen molar-refractivity contribution < 1.29 is 14.3 Å². The molecule has 154 valence electrons. The molecular weight excluding hydrogens is 350 g/mol. The van der Waals surface area contributed by atoms with E-state index in [9.17, 15) is 4.79 Å². The van der Waals surface area contributed by atoms with Crippen LogP contribution in [0.5, 0.6) is 0 Å². The van der Waals surface area contributed by atoms with Crippen LogP contribution < -0.4 is 0 Å². The summed E-state index contributed by atoms with van der Waals surface area (Å²) in [7, 11) is 0. The fourth-order valence-corrected chi connectivity index (χ4v) is 9.64. The predicted molar refractivity (Wildman–Crippen MR) is 106 cm³/mol. The van der Waals surface area contributed by atoms with Crippen LogP contribution in [0.15, 0.2) is 12.2 Å². The summed E-state index contributed by atoms with van der Waals surface area (Å²) in [6.07, 6.45) is 10.4. The molecule has 4 heteroatoms. The van der Waals surface area contributed by atoms with Crippen LogP contribution >= 0.6 is 0 Å². The topological polar surface area (TPSA) is 38.8 Å². The minimum atomic E-state index is -0.137. The highest BCUT2D eigenvalue weighted by Gasteiger charge is 2.73. The molecule has 4 aliphatic carbocycles. The van der Waals surface area contributed by atoms with E-state index in [-0.39, 0.29) is 29.1 Å². The summed E-state index contributed by atoms with van der Waals surface area (Å²) in [6, 6.07) is 0. The molecule has 0 N–H and O–H groups in total. The molecule has 0 radical (unpaired) electrons. The minimum Gasteiger partial charge on any atom is -0.457 e. The monoisotopic (exact) mass is 385 g/mol. The molecule has 0 aromatic rings. The maximum Gasteiger partial charge on any atom is 0.303 e. The van der Waals surface area contributed by atoms with Gasteiger partial charge in [-0.15, -0.1) is 0 Å². The molecule has 2 aliphatic heterocycles. The molecule has 4 saturated carbocycles. The van der Waals surface area contributed by atoms with E-state index in [2.05, 4.69) is 18.4 Å². The van der Waals surface area contributed by atoms with Crippen molar-refractivity contribution in [3.05, 3.63) is 12.2 Å². The quantitative estimate of drug-likeness (QED) is 0.502. The van der Waals surface area contributed by atoms with Crippen molar-refractivity contribution in [2.24, 2.45) is 34.0 Å². The van der Waals surface area contributed by atoms with Crippen LogP contribution in [0.2, 0.25) is 0 Å². The van der Waals surface area contributed by atoms with Crippen molar-refractivity contribution in [3.8, 4) is 0 Å². The zero-order valence-electron chi connectivity index (χ0n) is 17.5. The Morgan fingerprint density at radius 1 is 1.21 bits per heavy atom. The molecule has 6 aliphatic rings. The first-order valence-electron chi connectivity index (χ1n) is 11.6. The standard InChI is InChI=1S/C24H35NO3/c1-15-17-5-6-19-23(13-17,20(15)28-16(2)26)10-7-18-22(3)8-4-9-24(18,19)21-25(14-22)11-12-27-21/h17-21H,1,4-14H2,2-3H3/t17-,18-,19-,20-,21+,22+,23-,24+/m1/s1. The van der Waals surface area contributed by atoms with Crippen molar-refractivity contribution in [1.29, 1.82) is 0 Å².